The summed E-state index contributed by atoms with van der Waals surface area (Å²) in [4.78, 5) is 30.4. The number of benzene rings is 2. The lowest BCUT2D eigenvalue weighted by Crippen LogP contribution is -2.42. The maximum atomic E-state index is 12.7. The number of esters is 1. The first-order valence-corrected chi connectivity index (χ1v) is 9.92. The van der Waals surface area contributed by atoms with Crippen LogP contribution in [0.15, 0.2) is 77.8 Å². The average molecular weight is 435 g/mol. The standard InChI is InChI=1S/C24H25N3O5/c1-4-10-22(28)27(18(2)24(30)32-17-19-11-6-5-7-12-19)16-20-13-8-9-14-21(20)26-25-15-23(29)31-3/h4-14,18H,16-17H2,1-3H3/b10-4+/t18-/m0/s1. The van der Waals surface area contributed by atoms with E-state index in [1.165, 1.54) is 18.1 Å². The van der Waals surface area contributed by atoms with Gasteiger partial charge in [0.25, 0.3) is 0 Å². The van der Waals surface area contributed by atoms with Gasteiger partial charge in [-0.3, -0.25) is 4.79 Å². The Balaban J connectivity index is 2.25. The molecule has 0 fully saturated rings. The molecule has 0 radical (unpaired) electrons. The topological polar surface area (TPSA) is 105 Å². The first kappa shape index (κ1) is 24.2. The number of amides is 1. The molecule has 1 amide bonds. The third-order valence-electron chi connectivity index (χ3n) is 4.44. The number of carbonyl (C=O) groups excluding carboxylic acids is 2. The molecule has 0 aliphatic rings. The number of rotatable bonds is 9. The zero-order chi connectivity index (χ0) is 23.3. The summed E-state index contributed by atoms with van der Waals surface area (Å²) in [6.45, 7) is 3.52. The number of hydrogen-bond donors (Lipinski definition) is 0. The molecule has 0 saturated heterocycles. The molecular weight excluding hydrogens is 410 g/mol. The van der Waals surface area contributed by atoms with Crippen molar-refractivity contribution < 1.29 is 29.0 Å². The smallest absolute Gasteiger partial charge is 0.376 e. The SMILES string of the molecule is C/C=C/C(=O)N(Cc1ccccc1N=[N+]=C=C([O-])OC)[C@@H](C)C(=O)OCc1ccccc1. The van der Waals surface area contributed by atoms with Crippen LogP contribution in [0.25, 0.3) is 0 Å². The highest BCUT2D eigenvalue weighted by atomic mass is 16.6. The van der Waals surface area contributed by atoms with E-state index in [1.807, 2.05) is 30.3 Å². The zero-order valence-corrected chi connectivity index (χ0v) is 18.2. The second kappa shape index (κ2) is 12.5. The molecule has 0 aliphatic carbocycles. The summed E-state index contributed by atoms with van der Waals surface area (Å²) < 4.78 is 9.85. The van der Waals surface area contributed by atoms with Crippen LogP contribution in [0.1, 0.15) is 25.0 Å². The number of carbonyl (C=O) groups is 2. The van der Waals surface area contributed by atoms with Crippen LogP contribution in [0.4, 0.5) is 5.69 Å². The van der Waals surface area contributed by atoms with Crippen molar-refractivity contribution in [1.82, 2.24) is 4.90 Å². The predicted octanol–water partition coefficient (Wildman–Crippen LogP) is 2.53. The second-order valence-electron chi connectivity index (χ2n) is 6.67. The van der Waals surface area contributed by atoms with Gasteiger partial charge in [0, 0.05) is 12.1 Å². The quantitative estimate of drug-likeness (QED) is 0.150. The van der Waals surface area contributed by atoms with Gasteiger partial charge in [-0.1, -0.05) is 54.6 Å². The van der Waals surface area contributed by atoms with Gasteiger partial charge in [-0.05, 0) is 38.7 Å². The van der Waals surface area contributed by atoms with E-state index in [2.05, 4.69) is 20.5 Å². The number of nitrogens with zero attached hydrogens (tertiary/aromatic N) is 3. The van der Waals surface area contributed by atoms with Crippen molar-refractivity contribution in [1.29, 1.82) is 0 Å². The number of ether oxygens (including phenoxy) is 2. The largest absolute Gasteiger partial charge is 0.606 e. The van der Waals surface area contributed by atoms with E-state index >= 15 is 0 Å². The molecule has 2 aromatic carbocycles. The summed E-state index contributed by atoms with van der Waals surface area (Å²) in [6.07, 6.45) is 2.98. The summed E-state index contributed by atoms with van der Waals surface area (Å²) in [5.41, 5.74) is 1.90. The maximum absolute atomic E-state index is 12.7. The molecule has 0 unspecified atom stereocenters. The molecule has 1 atom stereocenters. The molecule has 2 rings (SSSR count). The van der Waals surface area contributed by atoms with Gasteiger partial charge in [-0.25, -0.2) is 4.79 Å². The minimum atomic E-state index is -0.847. The molecule has 8 heteroatoms. The van der Waals surface area contributed by atoms with Crippen LogP contribution in [0.5, 0.6) is 0 Å². The van der Waals surface area contributed by atoms with Crippen LogP contribution in [0.3, 0.4) is 0 Å². The second-order valence-corrected chi connectivity index (χ2v) is 6.67. The highest BCUT2D eigenvalue weighted by Gasteiger charge is 2.27. The van der Waals surface area contributed by atoms with Crippen molar-refractivity contribution in [3.63, 3.8) is 0 Å². The molecule has 32 heavy (non-hydrogen) atoms. The van der Waals surface area contributed by atoms with E-state index in [0.717, 1.165) is 5.56 Å². The van der Waals surface area contributed by atoms with Crippen LogP contribution in [0, 0.1) is 0 Å². The first-order chi connectivity index (χ1) is 15.5. The molecule has 0 N–H and O–H groups in total. The van der Waals surface area contributed by atoms with Crippen molar-refractivity contribution in [3.05, 3.63) is 83.8 Å². The summed E-state index contributed by atoms with van der Waals surface area (Å²) in [5, 5.41) is 15.1. The Morgan fingerprint density at radius 1 is 1.19 bits per heavy atom. The molecule has 0 saturated carbocycles. The highest BCUT2D eigenvalue weighted by Crippen LogP contribution is 2.21. The lowest BCUT2D eigenvalue weighted by atomic mass is 10.1. The van der Waals surface area contributed by atoms with E-state index in [4.69, 9.17) is 4.74 Å². The fourth-order valence-corrected chi connectivity index (χ4v) is 2.71. The third-order valence-corrected chi connectivity index (χ3v) is 4.44. The number of hydrogen-bond acceptors (Lipinski definition) is 6. The van der Waals surface area contributed by atoms with E-state index in [9.17, 15) is 14.7 Å². The van der Waals surface area contributed by atoms with Gasteiger partial charge in [-0.2, -0.15) is 0 Å². The first-order valence-electron chi connectivity index (χ1n) is 9.92. The molecule has 166 valence electrons. The molecule has 0 aliphatic heterocycles. The summed E-state index contributed by atoms with van der Waals surface area (Å²) in [7, 11) is 1.21. The van der Waals surface area contributed by atoms with Gasteiger partial charge in [0.05, 0.1) is 0 Å². The van der Waals surface area contributed by atoms with Gasteiger partial charge in [0.2, 0.25) is 5.91 Å². The van der Waals surface area contributed by atoms with Crippen LogP contribution in [-0.2, 0) is 32.2 Å². The molecule has 0 heterocycles. The molecular formula is C24H25N3O5. The van der Waals surface area contributed by atoms with E-state index in [0.29, 0.717) is 11.3 Å². The van der Waals surface area contributed by atoms with Crippen molar-refractivity contribution in [3.8, 4) is 0 Å². The maximum Gasteiger partial charge on any atom is 0.376 e. The minimum absolute atomic E-state index is 0.0815. The molecule has 8 nitrogen and oxygen atoms in total. The summed E-state index contributed by atoms with van der Waals surface area (Å²) >= 11 is 0. The van der Waals surface area contributed by atoms with Gasteiger partial charge < -0.3 is 19.5 Å². The zero-order valence-electron chi connectivity index (χ0n) is 18.2. The fourth-order valence-electron chi connectivity index (χ4n) is 2.71. The lowest BCUT2D eigenvalue weighted by Gasteiger charge is -2.27. The van der Waals surface area contributed by atoms with Crippen molar-refractivity contribution in [2.24, 2.45) is 5.11 Å². The van der Waals surface area contributed by atoms with E-state index in [-0.39, 0.29) is 19.1 Å². The number of methoxy groups -OCH3 is 1. The molecule has 2 aromatic rings. The van der Waals surface area contributed by atoms with Crippen LogP contribution >= 0.6 is 0 Å². The van der Waals surface area contributed by atoms with E-state index in [1.54, 1.807) is 44.2 Å². The lowest BCUT2D eigenvalue weighted by molar-refractivity contribution is -0.351. The Morgan fingerprint density at radius 2 is 1.88 bits per heavy atom. The van der Waals surface area contributed by atoms with Gasteiger partial charge >= 0.3 is 11.8 Å². The van der Waals surface area contributed by atoms with Crippen molar-refractivity contribution in [2.75, 3.05) is 7.11 Å². The highest BCUT2D eigenvalue weighted by molar-refractivity contribution is 5.91. The monoisotopic (exact) mass is 435 g/mol. The van der Waals surface area contributed by atoms with Crippen LogP contribution in [0.2, 0.25) is 0 Å². The van der Waals surface area contributed by atoms with Crippen LogP contribution < -0.4 is 5.11 Å². The van der Waals surface area contributed by atoms with Crippen molar-refractivity contribution >= 4 is 23.4 Å². The van der Waals surface area contributed by atoms with Gasteiger partial charge in [-0.15, -0.1) is 0 Å². The Hall–Kier alpha value is -4.12. The average Bonchev–Trinajstić information content (AvgIpc) is 2.82. The van der Waals surface area contributed by atoms with Gasteiger partial charge in [0.1, 0.15) is 22.6 Å². The summed E-state index contributed by atoms with van der Waals surface area (Å²) in [5.74, 6) is 0.470. The predicted molar refractivity (Wildman–Crippen MR) is 115 cm³/mol. The normalized spacial score (nSPS) is 11.1. The Kier molecular flexibility index (Phi) is 9.47. The van der Waals surface area contributed by atoms with E-state index < -0.39 is 18.0 Å². The minimum Gasteiger partial charge on any atom is -0.606 e. The number of allylic oxidation sites excluding steroid dienone is 1. The molecule has 0 spiro atoms. The fraction of sp³-hybridized carbons (Fsp3) is 0.250. The van der Waals surface area contributed by atoms with Crippen molar-refractivity contribution in [2.45, 2.75) is 33.0 Å². The van der Waals surface area contributed by atoms with Gasteiger partial charge in [0.15, 0.2) is 11.6 Å². The Bertz CT molecular complexity index is 1050. The Morgan fingerprint density at radius 3 is 2.56 bits per heavy atom. The van der Waals surface area contributed by atoms with Crippen LogP contribution in [-0.4, -0.2) is 40.6 Å². The molecule has 0 aromatic heterocycles. The third kappa shape index (κ3) is 7.29. The summed E-state index contributed by atoms with van der Waals surface area (Å²) in [6, 6.07) is 15.4. The molecule has 0 bridgehead atoms. The Labute approximate surface area is 186 Å².